The van der Waals surface area contributed by atoms with Gasteiger partial charge in [-0.3, -0.25) is 4.79 Å². The molecule has 0 aromatic heterocycles. The van der Waals surface area contributed by atoms with Crippen LogP contribution in [-0.2, 0) is 11.2 Å². The molecule has 1 amide bonds. The maximum atomic E-state index is 12.6. The Balaban J connectivity index is 2.45. The second-order valence-corrected chi connectivity index (χ2v) is 6.37. The molecule has 108 valence electrons. The van der Waals surface area contributed by atoms with Gasteiger partial charge in [-0.2, -0.15) is 0 Å². The van der Waals surface area contributed by atoms with E-state index in [1.807, 2.05) is 39.0 Å². The van der Waals surface area contributed by atoms with Crippen LogP contribution in [0.15, 0.2) is 36.9 Å². The van der Waals surface area contributed by atoms with Gasteiger partial charge in [0.25, 0.3) is 0 Å². The largest absolute Gasteiger partial charge is 0.387 e. The lowest BCUT2D eigenvalue weighted by atomic mass is 9.86. The van der Waals surface area contributed by atoms with Gasteiger partial charge in [-0.05, 0) is 17.5 Å². The molecule has 2 rings (SSSR count). The monoisotopic (exact) mass is 273 g/mol. The molecule has 0 bridgehead atoms. The summed E-state index contributed by atoms with van der Waals surface area (Å²) in [4.78, 5) is 14.4. The molecule has 1 aromatic rings. The van der Waals surface area contributed by atoms with Gasteiger partial charge >= 0.3 is 0 Å². The lowest BCUT2D eigenvalue weighted by molar-refractivity contribution is -0.144. The highest BCUT2D eigenvalue weighted by Crippen LogP contribution is 2.35. The van der Waals surface area contributed by atoms with Gasteiger partial charge in [-0.15, -0.1) is 6.58 Å². The normalized spacial score (nSPS) is 20.2. The van der Waals surface area contributed by atoms with Crippen LogP contribution in [0.5, 0.6) is 0 Å². The highest BCUT2D eigenvalue weighted by molar-refractivity contribution is 5.82. The molecule has 3 heteroatoms. The molecule has 0 spiro atoms. The molecule has 1 aliphatic rings. The number of aliphatic hydroxyl groups is 1. The van der Waals surface area contributed by atoms with Gasteiger partial charge in [0.05, 0.1) is 12.1 Å². The van der Waals surface area contributed by atoms with E-state index in [2.05, 4.69) is 12.6 Å². The average Bonchev–Trinajstić information content (AvgIpc) is 2.43. The van der Waals surface area contributed by atoms with Gasteiger partial charge < -0.3 is 10.0 Å². The fraction of sp³-hybridized carbons (Fsp3) is 0.471. The van der Waals surface area contributed by atoms with Gasteiger partial charge in [0, 0.05) is 12.0 Å². The third-order valence-corrected chi connectivity index (χ3v) is 3.80. The number of carbonyl (C=O) groups is 1. The van der Waals surface area contributed by atoms with Crippen molar-refractivity contribution in [3.8, 4) is 0 Å². The van der Waals surface area contributed by atoms with E-state index in [9.17, 15) is 9.90 Å². The summed E-state index contributed by atoms with van der Waals surface area (Å²) in [6.07, 6.45) is 1.59. The Bertz CT molecular complexity index is 516. The molecule has 0 saturated heterocycles. The molecule has 0 aliphatic carbocycles. The van der Waals surface area contributed by atoms with Crippen molar-refractivity contribution in [2.75, 3.05) is 6.54 Å². The number of hydrogen-bond donors (Lipinski definition) is 1. The Morgan fingerprint density at radius 1 is 1.45 bits per heavy atom. The first-order valence-electron chi connectivity index (χ1n) is 7.05. The molecule has 0 radical (unpaired) electrons. The van der Waals surface area contributed by atoms with Gasteiger partial charge in [-0.1, -0.05) is 51.1 Å². The zero-order valence-electron chi connectivity index (χ0n) is 12.5. The Hall–Kier alpha value is -1.61. The lowest BCUT2D eigenvalue weighted by Crippen LogP contribution is -2.48. The predicted octanol–water partition coefficient (Wildman–Crippen LogP) is 2.71. The van der Waals surface area contributed by atoms with Crippen molar-refractivity contribution < 1.29 is 9.90 Å². The van der Waals surface area contributed by atoms with E-state index in [1.165, 1.54) is 11.6 Å². The van der Waals surface area contributed by atoms with E-state index in [-0.39, 0.29) is 11.9 Å². The van der Waals surface area contributed by atoms with E-state index in [0.717, 1.165) is 12.0 Å². The van der Waals surface area contributed by atoms with Crippen LogP contribution in [0, 0.1) is 5.41 Å². The Labute approximate surface area is 120 Å². The number of rotatable bonds is 2. The van der Waals surface area contributed by atoms with Gasteiger partial charge in [0.15, 0.2) is 0 Å². The number of carbonyl (C=O) groups excluding carboxylic acids is 1. The molecule has 0 saturated carbocycles. The summed E-state index contributed by atoms with van der Waals surface area (Å²) in [6, 6.07) is 7.68. The standard InChI is InChI=1S/C17H23NO2/c1-5-14(19)15-13-9-7-6-8-12(13)10-11-18(15)16(20)17(2,3)4/h5-9,14-15,19H,1,10-11H2,2-4H3. The fourth-order valence-electron chi connectivity index (χ4n) is 2.75. The number of hydrogen-bond acceptors (Lipinski definition) is 2. The van der Waals surface area contributed by atoms with Crippen molar-refractivity contribution in [3.05, 3.63) is 48.0 Å². The first kappa shape index (κ1) is 14.8. The molecule has 2 atom stereocenters. The summed E-state index contributed by atoms with van der Waals surface area (Å²) in [7, 11) is 0. The van der Waals surface area contributed by atoms with Crippen molar-refractivity contribution in [1.82, 2.24) is 4.90 Å². The molecule has 0 fully saturated rings. The molecular weight excluding hydrogens is 250 g/mol. The third kappa shape index (κ3) is 2.63. The van der Waals surface area contributed by atoms with Crippen LogP contribution >= 0.6 is 0 Å². The van der Waals surface area contributed by atoms with E-state index < -0.39 is 11.5 Å². The SMILES string of the molecule is C=CC(O)C1c2ccccc2CCN1C(=O)C(C)(C)C. The fourth-order valence-corrected chi connectivity index (χ4v) is 2.75. The van der Waals surface area contributed by atoms with Crippen LogP contribution in [0.1, 0.15) is 37.9 Å². The van der Waals surface area contributed by atoms with Crippen LogP contribution < -0.4 is 0 Å². The highest BCUT2D eigenvalue weighted by Gasteiger charge is 2.38. The summed E-state index contributed by atoms with van der Waals surface area (Å²) >= 11 is 0. The summed E-state index contributed by atoms with van der Waals surface area (Å²) in [5.74, 6) is 0.0675. The minimum atomic E-state index is -0.747. The minimum Gasteiger partial charge on any atom is -0.387 e. The molecule has 20 heavy (non-hydrogen) atoms. The number of fused-ring (bicyclic) bond motifs is 1. The summed E-state index contributed by atoms with van der Waals surface area (Å²) < 4.78 is 0. The summed E-state index contributed by atoms with van der Waals surface area (Å²) in [5.41, 5.74) is 1.78. The Kier molecular flexibility index (Phi) is 4.00. The second-order valence-electron chi connectivity index (χ2n) is 6.37. The van der Waals surface area contributed by atoms with Crippen molar-refractivity contribution >= 4 is 5.91 Å². The first-order valence-corrected chi connectivity index (χ1v) is 7.05. The zero-order chi connectivity index (χ0) is 14.9. The molecule has 2 unspecified atom stereocenters. The van der Waals surface area contributed by atoms with E-state index in [4.69, 9.17) is 0 Å². The van der Waals surface area contributed by atoms with Crippen LogP contribution in [-0.4, -0.2) is 28.6 Å². The van der Waals surface area contributed by atoms with Crippen molar-refractivity contribution in [2.24, 2.45) is 5.41 Å². The van der Waals surface area contributed by atoms with Crippen LogP contribution in [0.3, 0.4) is 0 Å². The molecular formula is C17H23NO2. The number of aliphatic hydroxyl groups excluding tert-OH is 1. The minimum absolute atomic E-state index is 0.0675. The topological polar surface area (TPSA) is 40.5 Å². The van der Waals surface area contributed by atoms with E-state index in [1.54, 1.807) is 4.90 Å². The first-order chi connectivity index (χ1) is 9.36. The van der Waals surface area contributed by atoms with Gasteiger partial charge in [0.2, 0.25) is 5.91 Å². The molecule has 1 heterocycles. The predicted molar refractivity (Wildman–Crippen MR) is 80.3 cm³/mol. The van der Waals surface area contributed by atoms with Crippen molar-refractivity contribution in [1.29, 1.82) is 0 Å². The number of amides is 1. The third-order valence-electron chi connectivity index (χ3n) is 3.80. The quantitative estimate of drug-likeness (QED) is 0.842. The Morgan fingerprint density at radius 2 is 2.10 bits per heavy atom. The van der Waals surface area contributed by atoms with Gasteiger partial charge in [0.1, 0.15) is 0 Å². The van der Waals surface area contributed by atoms with Crippen molar-refractivity contribution in [2.45, 2.75) is 39.3 Å². The molecule has 1 N–H and O–H groups in total. The van der Waals surface area contributed by atoms with Crippen LogP contribution in [0.2, 0.25) is 0 Å². The van der Waals surface area contributed by atoms with Crippen LogP contribution in [0.4, 0.5) is 0 Å². The summed E-state index contributed by atoms with van der Waals surface area (Å²) in [6.45, 7) is 10.0. The maximum Gasteiger partial charge on any atom is 0.228 e. The van der Waals surface area contributed by atoms with E-state index >= 15 is 0 Å². The highest BCUT2D eigenvalue weighted by atomic mass is 16.3. The lowest BCUT2D eigenvalue weighted by Gasteiger charge is -2.41. The maximum absolute atomic E-state index is 12.6. The number of benzene rings is 1. The van der Waals surface area contributed by atoms with Crippen molar-refractivity contribution in [3.63, 3.8) is 0 Å². The summed E-state index contributed by atoms with van der Waals surface area (Å²) in [5, 5.41) is 10.3. The smallest absolute Gasteiger partial charge is 0.228 e. The average molecular weight is 273 g/mol. The molecule has 1 aromatic carbocycles. The zero-order valence-corrected chi connectivity index (χ0v) is 12.5. The van der Waals surface area contributed by atoms with Gasteiger partial charge in [-0.25, -0.2) is 0 Å². The van der Waals surface area contributed by atoms with E-state index in [0.29, 0.717) is 6.54 Å². The Morgan fingerprint density at radius 3 is 2.70 bits per heavy atom. The number of nitrogens with zero attached hydrogens (tertiary/aromatic N) is 1. The van der Waals surface area contributed by atoms with Crippen LogP contribution in [0.25, 0.3) is 0 Å². The second kappa shape index (κ2) is 5.41. The molecule has 1 aliphatic heterocycles. The molecule has 3 nitrogen and oxygen atoms in total.